The summed E-state index contributed by atoms with van der Waals surface area (Å²) in [6.07, 6.45) is 2.78. The Morgan fingerprint density at radius 1 is 1.32 bits per heavy atom. The van der Waals surface area contributed by atoms with E-state index >= 15 is 0 Å². The second-order valence-electron chi connectivity index (χ2n) is 5.69. The molecule has 1 atom stereocenters. The highest BCUT2D eigenvalue weighted by Crippen LogP contribution is 2.40. The average molecular weight is 289 g/mol. The van der Waals surface area contributed by atoms with Gasteiger partial charge in [0.2, 0.25) is 5.91 Å². The van der Waals surface area contributed by atoms with Crippen molar-refractivity contribution >= 4 is 21.7 Å². The minimum absolute atomic E-state index is 0.0739. The van der Waals surface area contributed by atoms with Gasteiger partial charge in [-0.25, -0.2) is 8.42 Å². The van der Waals surface area contributed by atoms with Gasteiger partial charge in [-0.1, -0.05) is 6.42 Å². The topological polar surface area (TPSA) is 101 Å². The van der Waals surface area contributed by atoms with Crippen LogP contribution in [0.5, 0.6) is 0 Å². The lowest BCUT2D eigenvalue weighted by Crippen LogP contribution is -2.47. The molecule has 0 radical (unpaired) electrons. The summed E-state index contributed by atoms with van der Waals surface area (Å²) in [5.41, 5.74) is -0.794. The van der Waals surface area contributed by atoms with Gasteiger partial charge >= 0.3 is 5.97 Å². The van der Waals surface area contributed by atoms with E-state index in [2.05, 4.69) is 5.32 Å². The zero-order valence-corrected chi connectivity index (χ0v) is 11.5. The Morgan fingerprint density at radius 2 is 2.00 bits per heavy atom. The number of carboxylic acid groups (broad SMARTS) is 1. The molecule has 1 unspecified atom stereocenters. The van der Waals surface area contributed by atoms with E-state index < -0.39 is 21.2 Å². The quantitative estimate of drug-likeness (QED) is 0.752. The Labute approximate surface area is 112 Å². The summed E-state index contributed by atoms with van der Waals surface area (Å²) in [6, 6.07) is 0. The first kappa shape index (κ1) is 14.3. The van der Waals surface area contributed by atoms with E-state index in [1.54, 1.807) is 0 Å². The molecule has 1 saturated carbocycles. The van der Waals surface area contributed by atoms with Crippen LogP contribution in [0.25, 0.3) is 0 Å². The van der Waals surface area contributed by atoms with Crippen LogP contribution in [0.2, 0.25) is 0 Å². The van der Waals surface area contributed by atoms with E-state index in [0.717, 1.165) is 6.42 Å². The highest BCUT2D eigenvalue weighted by Gasteiger charge is 2.44. The van der Waals surface area contributed by atoms with E-state index in [0.29, 0.717) is 19.3 Å². The highest BCUT2D eigenvalue weighted by molar-refractivity contribution is 7.91. The fourth-order valence-corrected chi connectivity index (χ4v) is 4.57. The smallest absolute Gasteiger partial charge is 0.311 e. The van der Waals surface area contributed by atoms with E-state index in [1.165, 1.54) is 0 Å². The van der Waals surface area contributed by atoms with E-state index in [-0.39, 0.29) is 36.3 Å². The van der Waals surface area contributed by atoms with Gasteiger partial charge in [0, 0.05) is 13.0 Å². The molecule has 1 aliphatic heterocycles. The Hall–Kier alpha value is -1.11. The maximum atomic E-state index is 11.7. The van der Waals surface area contributed by atoms with Gasteiger partial charge < -0.3 is 10.4 Å². The van der Waals surface area contributed by atoms with Gasteiger partial charge in [-0.3, -0.25) is 9.59 Å². The van der Waals surface area contributed by atoms with Gasteiger partial charge in [-0.15, -0.1) is 0 Å². The molecule has 1 saturated heterocycles. The fourth-order valence-electron chi connectivity index (χ4n) is 2.70. The highest BCUT2D eigenvalue weighted by atomic mass is 32.2. The van der Waals surface area contributed by atoms with Crippen molar-refractivity contribution in [2.45, 2.75) is 32.1 Å². The number of hydrogen-bond donors (Lipinski definition) is 2. The van der Waals surface area contributed by atoms with Gasteiger partial charge in [-0.2, -0.15) is 0 Å². The second kappa shape index (κ2) is 5.11. The molecule has 2 rings (SSSR count). The number of hydrogen-bond acceptors (Lipinski definition) is 4. The minimum atomic E-state index is -2.97. The summed E-state index contributed by atoms with van der Waals surface area (Å²) < 4.78 is 22.5. The predicted molar refractivity (Wildman–Crippen MR) is 68.3 cm³/mol. The van der Waals surface area contributed by atoms with Crippen molar-refractivity contribution in [3.8, 4) is 0 Å². The van der Waals surface area contributed by atoms with Crippen molar-refractivity contribution in [1.29, 1.82) is 0 Å². The Morgan fingerprint density at radius 3 is 2.42 bits per heavy atom. The minimum Gasteiger partial charge on any atom is -0.481 e. The normalized spacial score (nSPS) is 27.5. The summed E-state index contributed by atoms with van der Waals surface area (Å²) >= 11 is 0. The largest absolute Gasteiger partial charge is 0.481 e. The summed E-state index contributed by atoms with van der Waals surface area (Å²) in [5, 5.41) is 11.8. The third-order valence-corrected chi connectivity index (χ3v) is 6.03. The van der Waals surface area contributed by atoms with Crippen LogP contribution in [-0.4, -0.2) is 43.5 Å². The molecule has 0 bridgehead atoms. The van der Waals surface area contributed by atoms with Crippen LogP contribution in [0.3, 0.4) is 0 Å². The number of carboxylic acids is 1. The zero-order chi connectivity index (χ0) is 14.1. The van der Waals surface area contributed by atoms with Gasteiger partial charge in [-0.05, 0) is 25.2 Å². The summed E-state index contributed by atoms with van der Waals surface area (Å²) in [7, 11) is -2.97. The first-order valence-electron chi connectivity index (χ1n) is 6.54. The van der Waals surface area contributed by atoms with Crippen molar-refractivity contribution in [3.63, 3.8) is 0 Å². The molecule has 1 amide bonds. The molecule has 2 fully saturated rings. The maximum Gasteiger partial charge on any atom is 0.311 e. The molecule has 0 aromatic carbocycles. The predicted octanol–water partition coefficient (Wildman–Crippen LogP) is 0.182. The monoisotopic (exact) mass is 289 g/mol. The molecule has 0 aromatic heterocycles. The third-order valence-electron chi connectivity index (χ3n) is 4.19. The molecule has 6 nitrogen and oxygen atoms in total. The first-order chi connectivity index (χ1) is 8.83. The molecular formula is C12H19NO5S. The standard InChI is InChI=1S/C12H19NO5S/c14-10(6-9-2-5-19(17,18)7-9)13-8-12(11(15)16)3-1-4-12/h9H,1-8H2,(H,13,14)(H,15,16). The number of aliphatic carboxylic acids is 1. The molecule has 2 N–H and O–H groups in total. The van der Waals surface area contributed by atoms with Crippen LogP contribution in [0.15, 0.2) is 0 Å². The lowest BCUT2D eigenvalue weighted by Gasteiger charge is -2.37. The average Bonchev–Trinajstić information content (AvgIpc) is 2.55. The fraction of sp³-hybridized carbons (Fsp3) is 0.833. The Balaban J connectivity index is 1.78. The van der Waals surface area contributed by atoms with Gasteiger partial charge in [0.15, 0.2) is 9.84 Å². The van der Waals surface area contributed by atoms with Crippen molar-refractivity contribution in [2.24, 2.45) is 11.3 Å². The van der Waals surface area contributed by atoms with E-state index in [1.807, 2.05) is 0 Å². The van der Waals surface area contributed by atoms with Gasteiger partial charge in [0.1, 0.15) is 0 Å². The lowest BCUT2D eigenvalue weighted by molar-refractivity contribution is -0.154. The molecule has 19 heavy (non-hydrogen) atoms. The van der Waals surface area contributed by atoms with Crippen LogP contribution in [0.4, 0.5) is 0 Å². The first-order valence-corrected chi connectivity index (χ1v) is 8.36. The van der Waals surface area contributed by atoms with Crippen molar-refractivity contribution < 1.29 is 23.1 Å². The van der Waals surface area contributed by atoms with Crippen LogP contribution in [0, 0.1) is 11.3 Å². The van der Waals surface area contributed by atoms with Crippen LogP contribution >= 0.6 is 0 Å². The molecule has 7 heteroatoms. The summed E-state index contributed by atoms with van der Waals surface area (Å²) in [5.74, 6) is -0.988. The molecule has 1 heterocycles. The maximum absolute atomic E-state index is 11.7. The van der Waals surface area contributed by atoms with Gasteiger partial charge in [0.05, 0.1) is 16.9 Å². The molecule has 1 aliphatic carbocycles. The zero-order valence-electron chi connectivity index (χ0n) is 10.7. The molecule has 2 aliphatic rings. The molecule has 108 valence electrons. The number of amides is 1. The number of carbonyl (C=O) groups is 2. The Kier molecular flexibility index (Phi) is 3.85. The number of sulfone groups is 1. The molecule has 0 spiro atoms. The molecular weight excluding hydrogens is 270 g/mol. The van der Waals surface area contributed by atoms with Gasteiger partial charge in [0.25, 0.3) is 0 Å². The Bertz CT molecular complexity index is 480. The SMILES string of the molecule is O=C(CC1CCS(=O)(=O)C1)NCC1(C(=O)O)CCC1. The summed E-state index contributed by atoms with van der Waals surface area (Å²) in [4.78, 5) is 22.8. The number of nitrogens with one attached hydrogen (secondary N) is 1. The third kappa shape index (κ3) is 3.26. The lowest BCUT2D eigenvalue weighted by atomic mass is 9.69. The van der Waals surface area contributed by atoms with E-state index in [9.17, 15) is 18.0 Å². The second-order valence-corrected chi connectivity index (χ2v) is 7.92. The van der Waals surface area contributed by atoms with Crippen molar-refractivity contribution in [2.75, 3.05) is 18.1 Å². The van der Waals surface area contributed by atoms with Crippen molar-refractivity contribution in [3.05, 3.63) is 0 Å². The van der Waals surface area contributed by atoms with Crippen LogP contribution in [0.1, 0.15) is 32.1 Å². The summed E-state index contributed by atoms with van der Waals surface area (Å²) in [6.45, 7) is 0.153. The number of rotatable bonds is 5. The van der Waals surface area contributed by atoms with Crippen LogP contribution < -0.4 is 5.32 Å². The van der Waals surface area contributed by atoms with Crippen molar-refractivity contribution in [1.82, 2.24) is 5.32 Å². The number of carbonyl (C=O) groups excluding carboxylic acids is 1. The van der Waals surface area contributed by atoms with E-state index in [4.69, 9.17) is 5.11 Å². The van der Waals surface area contributed by atoms with Crippen LogP contribution in [-0.2, 0) is 19.4 Å². The molecule has 0 aromatic rings.